The molecule has 2 heteroatoms. The van der Waals surface area contributed by atoms with Gasteiger partial charge in [-0.15, -0.1) is 0 Å². The molecular weight excluding hydrogens is 342 g/mol. The van der Waals surface area contributed by atoms with Gasteiger partial charge in [0.05, 0.1) is 6.10 Å². The standard InChI is InChI=1S/C26H47NO/c1-18(7-6-16-27(4)5)22-10-11-23-21-9-8-19-17-20(28)12-14-25(19,2)24(21)13-15-26(22,23)3/h18-24,28H,6-17H2,1-5H3/t18-,19-,20-,21+,22-,23+,24+,25+,26-/m1/s1. The van der Waals surface area contributed by atoms with Crippen LogP contribution in [0.2, 0.25) is 0 Å². The van der Waals surface area contributed by atoms with Crippen LogP contribution in [0, 0.1) is 46.3 Å². The highest BCUT2D eigenvalue weighted by molar-refractivity contribution is 5.09. The molecule has 0 saturated heterocycles. The maximum atomic E-state index is 10.2. The van der Waals surface area contributed by atoms with E-state index in [0.29, 0.717) is 10.8 Å². The van der Waals surface area contributed by atoms with E-state index in [1.165, 1.54) is 64.3 Å². The first kappa shape index (κ1) is 21.2. The van der Waals surface area contributed by atoms with Crippen LogP contribution in [0.5, 0.6) is 0 Å². The second-order valence-corrected chi connectivity index (χ2v) is 12.2. The number of aliphatic hydroxyl groups excluding tert-OH is 1. The lowest BCUT2D eigenvalue weighted by atomic mass is 9.44. The van der Waals surface area contributed by atoms with Crippen molar-refractivity contribution in [2.24, 2.45) is 46.3 Å². The molecule has 0 spiro atoms. The Hall–Kier alpha value is -0.0800. The van der Waals surface area contributed by atoms with Crippen LogP contribution >= 0.6 is 0 Å². The van der Waals surface area contributed by atoms with E-state index in [-0.39, 0.29) is 6.10 Å². The van der Waals surface area contributed by atoms with E-state index in [2.05, 4.69) is 39.8 Å². The van der Waals surface area contributed by atoms with Gasteiger partial charge in [0.2, 0.25) is 0 Å². The molecule has 2 nitrogen and oxygen atoms in total. The normalized spacial score (nSPS) is 49.4. The molecule has 4 saturated carbocycles. The van der Waals surface area contributed by atoms with Crippen molar-refractivity contribution in [3.63, 3.8) is 0 Å². The molecule has 4 fully saturated rings. The Balaban J connectivity index is 1.46. The molecule has 162 valence electrons. The first-order valence-corrected chi connectivity index (χ1v) is 12.6. The van der Waals surface area contributed by atoms with Crippen molar-refractivity contribution in [3.8, 4) is 0 Å². The van der Waals surface area contributed by atoms with Crippen LogP contribution in [-0.4, -0.2) is 36.8 Å². The maximum Gasteiger partial charge on any atom is 0.0543 e. The quantitative estimate of drug-likeness (QED) is 0.625. The van der Waals surface area contributed by atoms with Crippen LogP contribution < -0.4 is 0 Å². The summed E-state index contributed by atoms with van der Waals surface area (Å²) in [6, 6.07) is 0. The minimum atomic E-state index is -0.0117. The number of hydrogen-bond acceptors (Lipinski definition) is 2. The predicted molar refractivity (Wildman–Crippen MR) is 118 cm³/mol. The summed E-state index contributed by atoms with van der Waals surface area (Å²) in [6.07, 6.45) is 15.0. The van der Waals surface area contributed by atoms with E-state index in [9.17, 15) is 5.11 Å². The Labute approximate surface area is 174 Å². The zero-order chi connectivity index (χ0) is 20.1. The molecule has 0 aromatic rings. The summed E-state index contributed by atoms with van der Waals surface area (Å²) in [6.45, 7) is 9.14. The van der Waals surface area contributed by atoms with Crippen molar-refractivity contribution in [2.75, 3.05) is 20.6 Å². The smallest absolute Gasteiger partial charge is 0.0543 e. The lowest BCUT2D eigenvalue weighted by Crippen LogP contribution is -2.54. The average Bonchev–Trinajstić information content (AvgIpc) is 2.99. The zero-order valence-electron chi connectivity index (χ0n) is 19.4. The molecule has 1 N–H and O–H groups in total. The Morgan fingerprint density at radius 2 is 1.64 bits per heavy atom. The van der Waals surface area contributed by atoms with E-state index in [1.54, 1.807) is 0 Å². The van der Waals surface area contributed by atoms with Crippen LogP contribution in [0.4, 0.5) is 0 Å². The molecule has 0 radical (unpaired) electrons. The highest BCUT2D eigenvalue weighted by Gasteiger charge is 2.60. The average molecular weight is 390 g/mol. The monoisotopic (exact) mass is 389 g/mol. The topological polar surface area (TPSA) is 23.5 Å². The van der Waals surface area contributed by atoms with Crippen LogP contribution in [-0.2, 0) is 0 Å². The summed E-state index contributed by atoms with van der Waals surface area (Å²) >= 11 is 0. The van der Waals surface area contributed by atoms with Crippen molar-refractivity contribution in [1.29, 1.82) is 0 Å². The van der Waals surface area contributed by atoms with Gasteiger partial charge in [0.1, 0.15) is 0 Å². The summed E-state index contributed by atoms with van der Waals surface area (Å²) in [5.41, 5.74) is 1.13. The predicted octanol–water partition coefficient (Wildman–Crippen LogP) is 5.98. The lowest BCUT2D eigenvalue weighted by Gasteiger charge is -2.61. The van der Waals surface area contributed by atoms with Gasteiger partial charge < -0.3 is 10.0 Å². The third-order valence-electron chi connectivity index (χ3n) is 10.7. The molecule has 4 aliphatic carbocycles. The van der Waals surface area contributed by atoms with Gasteiger partial charge in [0.25, 0.3) is 0 Å². The van der Waals surface area contributed by atoms with Crippen molar-refractivity contribution >= 4 is 0 Å². The molecule has 0 unspecified atom stereocenters. The third kappa shape index (κ3) is 3.49. The summed E-state index contributed by atoms with van der Waals surface area (Å²) in [4.78, 5) is 2.34. The molecular formula is C26H47NO. The highest BCUT2D eigenvalue weighted by Crippen LogP contribution is 2.68. The van der Waals surface area contributed by atoms with E-state index >= 15 is 0 Å². The van der Waals surface area contributed by atoms with Gasteiger partial charge in [-0.25, -0.2) is 0 Å². The van der Waals surface area contributed by atoms with Crippen LogP contribution in [0.1, 0.15) is 91.4 Å². The fraction of sp³-hybridized carbons (Fsp3) is 1.00. The fourth-order valence-electron chi connectivity index (χ4n) is 9.14. The second kappa shape index (κ2) is 7.88. The van der Waals surface area contributed by atoms with Gasteiger partial charge in [0.15, 0.2) is 0 Å². The Bertz CT molecular complexity index is 547. The molecule has 9 atom stereocenters. The first-order valence-electron chi connectivity index (χ1n) is 12.6. The number of fused-ring (bicyclic) bond motifs is 5. The maximum absolute atomic E-state index is 10.2. The van der Waals surface area contributed by atoms with Gasteiger partial charge in [-0.2, -0.15) is 0 Å². The number of nitrogens with zero attached hydrogens (tertiary/aromatic N) is 1. The summed E-state index contributed by atoms with van der Waals surface area (Å²) in [5.74, 6) is 5.55. The van der Waals surface area contributed by atoms with E-state index in [1.807, 2.05) is 0 Å². The van der Waals surface area contributed by atoms with Crippen molar-refractivity contribution in [3.05, 3.63) is 0 Å². The van der Waals surface area contributed by atoms with Gasteiger partial charge in [0, 0.05) is 0 Å². The third-order valence-corrected chi connectivity index (χ3v) is 10.7. The van der Waals surface area contributed by atoms with E-state index in [4.69, 9.17) is 0 Å². The van der Waals surface area contributed by atoms with Crippen molar-refractivity contribution in [1.82, 2.24) is 4.90 Å². The second-order valence-electron chi connectivity index (χ2n) is 12.2. The Morgan fingerprint density at radius 1 is 0.929 bits per heavy atom. The van der Waals surface area contributed by atoms with Crippen molar-refractivity contribution < 1.29 is 5.11 Å². The largest absolute Gasteiger partial charge is 0.393 e. The molecule has 0 heterocycles. The van der Waals surface area contributed by atoms with E-state index < -0.39 is 0 Å². The minimum absolute atomic E-state index is 0.0117. The molecule has 4 aliphatic rings. The van der Waals surface area contributed by atoms with E-state index in [0.717, 1.165) is 48.3 Å². The molecule has 0 aliphatic heterocycles. The summed E-state index contributed by atoms with van der Waals surface area (Å²) in [5, 5.41) is 10.2. The van der Waals surface area contributed by atoms with Gasteiger partial charge in [-0.05, 0) is 138 Å². The number of hydrogen-bond donors (Lipinski definition) is 1. The molecule has 0 amide bonds. The molecule has 0 bridgehead atoms. The van der Waals surface area contributed by atoms with Gasteiger partial charge in [-0.3, -0.25) is 0 Å². The highest BCUT2D eigenvalue weighted by atomic mass is 16.3. The minimum Gasteiger partial charge on any atom is -0.393 e. The van der Waals surface area contributed by atoms with Crippen LogP contribution in [0.3, 0.4) is 0 Å². The number of rotatable bonds is 5. The molecule has 0 aromatic carbocycles. The molecule has 4 rings (SSSR count). The summed E-state index contributed by atoms with van der Waals surface area (Å²) < 4.78 is 0. The summed E-state index contributed by atoms with van der Waals surface area (Å²) in [7, 11) is 4.42. The van der Waals surface area contributed by atoms with Gasteiger partial charge >= 0.3 is 0 Å². The zero-order valence-corrected chi connectivity index (χ0v) is 19.4. The lowest BCUT2D eigenvalue weighted by molar-refractivity contribution is -0.129. The van der Waals surface area contributed by atoms with Crippen molar-refractivity contribution in [2.45, 2.75) is 97.5 Å². The Kier molecular flexibility index (Phi) is 5.95. The SMILES string of the molecule is C[C@H](CCCN(C)C)[C@H]1CC[C@H]2[C@@H]3CC[C@@H]4C[C@H](O)CC[C@]4(C)[C@H]3CC[C@]12C. The molecule has 0 aromatic heterocycles. The number of aliphatic hydroxyl groups is 1. The van der Waals surface area contributed by atoms with Crippen LogP contribution in [0.15, 0.2) is 0 Å². The first-order chi connectivity index (χ1) is 13.3. The Morgan fingerprint density at radius 3 is 2.39 bits per heavy atom. The van der Waals surface area contributed by atoms with Crippen LogP contribution in [0.25, 0.3) is 0 Å². The fourth-order valence-corrected chi connectivity index (χ4v) is 9.14. The van der Waals surface area contributed by atoms with Gasteiger partial charge in [-0.1, -0.05) is 20.8 Å². The molecule has 28 heavy (non-hydrogen) atoms.